The van der Waals surface area contributed by atoms with Crippen LogP contribution in [0.3, 0.4) is 0 Å². The van der Waals surface area contributed by atoms with Crippen molar-refractivity contribution >= 4 is 11.5 Å². The smallest absolute Gasteiger partial charge is 0.255 e. The van der Waals surface area contributed by atoms with Crippen LogP contribution in [0.5, 0.6) is 5.75 Å². The number of pyridine rings is 1. The van der Waals surface area contributed by atoms with E-state index in [0.717, 1.165) is 24.8 Å². The first-order chi connectivity index (χ1) is 14.5. The minimum absolute atomic E-state index is 0.0442. The van der Waals surface area contributed by atoms with Gasteiger partial charge in [-0.1, -0.05) is 6.92 Å². The third-order valence-corrected chi connectivity index (χ3v) is 5.69. The van der Waals surface area contributed by atoms with Crippen LogP contribution >= 0.6 is 0 Å². The van der Waals surface area contributed by atoms with Crippen LogP contribution in [0.4, 0.5) is 4.39 Å². The summed E-state index contributed by atoms with van der Waals surface area (Å²) in [7, 11) is 0. The average molecular weight is 412 g/mol. The fraction of sp³-hybridized carbons (Fsp3) is 0.417. The van der Waals surface area contributed by atoms with Crippen molar-refractivity contribution in [2.45, 2.75) is 45.6 Å². The number of hydrogen-bond donors (Lipinski definition) is 1. The Bertz CT molecular complexity index is 923. The van der Waals surface area contributed by atoms with Gasteiger partial charge in [0.15, 0.2) is 0 Å². The van der Waals surface area contributed by atoms with Crippen molar-refractivity contribution in [1.29, 1.82) is 0 Å². The van der Waals surface area contributed by atoms with Crippen molar-refractivity contribution < 1.29 is 13.9 Å². The summed E-state index contributed by atoms with van der Waals surface area (Å²) >= 11 is 0. The standard InChI is InChI=1S/C24H30FN3O2/c1-4-24(12-7-13-26)15-20(19-14-18(25)9-11-22(19)30-24)21-10-8-17(16-27-21)23(29)28(5-2)6-3/h8-11,14-16H,4-7,12-13,26H2,1-3H3. The molecule has 0 aliphatic carbocycles. The lowest BCUT2D eigenvalue weighted by molar-refractivity contribution is 0.0772. The first kappa shape index (κ1) is 22.0. The van der Waals surface area contributed by atoms with Crippen LogP contribution in [-0.2, 0) is 0 Å². The topological polar surface area (TPSA) is 68.5 Å². The number of amides is 1. The second kappa shape index (κ2) is 9.39. The Morgan fingerprint density at radius 2 is 1.97 bits per heavy atom. The molecule has 1 unspecified atom stereocenters. The summed E-state index contributed by atoms with van der Waals surface area (Å²) in [6.07, 6.45) is 5.97. The highest BCUT2D eigenvalue weighted by Crippen LogP contribution is 2.42. The van der Waals surface area contributed by atoms with Gasteiger partial charge in [0.25, 0.3) is 5.91 Å². The molecule has 1 aliphatic heterocycles. The summed E-state index contributed by atoms with van der Waals surface area (Å²) in [5.41, 5.74) is 7.93. The first-order valence-electron chi connectivity index (χ1n) is 10.6. The van der Waals surface area contributed by atoms with Crippen molar-refractivity contribution in [3.63, 3.8) is 0 Å². The van der Waals surface area contributed by atoms with Gasteiger partial charge in [-0.25, -0.2) is 4.39 Å². The second-order valence-electron chi connectivity index (χ2n) is 7.52. The molecule has 1 atom stereocenters. The van der Waals surface area contributed by atoms with Gasteiger partial charge in [0.2, 0.25) is 0 Å². The van der Waals surface area contributed by atoms with Gasteiger partial charge in [-0.05, 0) is 76.1 Å². The van der Waals surface area contributed by atoms with E-state index in [9.17, 15) is 9.18 Å². The number of hydrogen-bond acceptors (Lipinski definition) is 4. The third-order valence-electron chi connectivity index (χ3n) is 5.69. The summed E-state index contributed by atoms with van der Waals surface area (Å²) < 4.78 is 20.3. The van der Waals surface area contributed by atoms with Gasteiger partial charge in [0.05, 0.1) is 11.3 Å². The van der Waals surface area contributed by atoms with E-state index >= 15 is 0 Å². The van der Waals surface area contributed by atoms with Gasteiger partial charge in [0.1, 0.15) is 17.2 Å². The zero-order valence-corrected chi connectivity index (χ0v) is 18.0. The number of ether oxygens (including phenoxy) is 1. The maximum atomic E-state index is 14.0. The van der Waals surface area contributed by atoms with E-state index in [1.807, 2.05) is 26.0 Å². The van der Waals surface area contributed by atoms with Gasteiger partial charge >= 0.3 is 0 Å². The number of benzene rings is 1. The fourth-order valence-electron chi connectivity index (χ4n) is 3.85. The summed E-state index contributed by atoms with van der Waals surface area (Å²) in [6, 6.07) is 8.16. The number of carbonyl (C=O) groups is 1. The molecule has 3 rings (SSSR count). The van der Waals surface area contributed by atoms with Crippen molar-refractivity contribution in [3.8, 4) is 5.75 Å². The Hall–Kier alpha value is -2.73. The predicted octanol–water partition coefficient (Wildman–Crippen LogP) is 4.41. The number of carbonyl (C=O) groups excluding carboxylic acids is 1. The highest BCUT2D eigenvalue weighted by atomic mass is 19.1. The molecular weight excluding hydrogens is 381 g/mol. The summed E-state index contributed by atoms with van der Waals surface area (Å²) in [4.78, 5) is 18.9. The molecule has 2 aromatic rings. The SMILES string of the molecule is CCN(CC)C(=O)c1ccc(C2=CC(CC)(CCCN)Oc3ccc(F)cc32)nc1. The van der Waals surface area contributed by atoms with E-state index in [4.69, 9.17) is 10.5 Å². The molecule has 2 N–H and O–H groups in total. The number of nitrogens with zero attached hydrogens (tertiary/aromatic N) is 2. The van der Waals surface area contributed by atoms with Crippen LogP contribution in [0.2, 0.25) is 0 Å². The van der Waals surface area contributed by atoms with Crippen molar-refractivity contribution in [1.82, 2.24) is 9.88 Å². The Labute approximate surface area is 177 Å². The Morgan fingerprint density at radius 1 is 1.20 bits per heavy atom. The molecule has 5 nitrogen and oxygen atoms in total. The van der Waals surface area contributed by atoms with Gasteiger partial charge in [-0.15, -0.1) is 0 Å². The van der Waals surface area contributed by atoms with Crippen molar-refractivity contribution in [2.24, 2.45) is 5.73 Å². The zero-order chi connectivity index (χ0) is 21.7. The molecule has 1 aliphatic rings. The molecule has 0 radical (unpaired) electrons. The van der Waals surface area contributed by atoms with Crippen LogP contribution in [0.1, 0.15) is 61.6 Å². The number of fused-ring (bicyclic) bond motifs is 1. The maximum Gasteiger partial charge on any atom is 0.255 e. The lowest BCUT2D eigenvalue weighted by Gasteiger charge is -2.36. The van der Waals surface area contributed by atoms with E-state index < -0.39 is 5.60 Å². The quantitative estimate of drug-likeness (QED) is 0.698. The lowest BCUT2D eigenvalue weighted by Crippen LogP contribution is -2.36. The van der Waals surface area contributed by atoms with Gasteiger partial charge in [-0.3, -0.25) is 9.78 Å². The Kier molecular flexibility index (Phi) is 6.87. The molecular formula is C24H30FN3O2. The van der Waals surface area contributed by atoms with E-state index in [-0.39, 0.29) is 11.7 Å². The van der Waals surface area contributed by atoms with Gasteiger partial charge in [-0.2, -0.15) is 0 Å². The molecule has 30 heavy (non-hydrogen) atoms. The number of rotatable bonds is 8. The monoisotopic (exact) mass is 411 g/mol. The maximum absolute atomic E-state index is 14.0. The van der Waals surface area contributed by atoms with Crippen LogP contribution in [0, 0.1) is 5.82 Å². The molecule has 2 heterocycles. The molecule has 0 spiro atoms. The molecule has 0 saturated carbocycles. The van der Waals surface area contributed by atoms with Crippen molar-refractivity contribution in [3.05, 3.63) is 65.2 Å². The molecule has 0 fully saturated rings. The van der Waals surface area contributed by atoms with Crippen LogP contribution in [0.15, 0.2) is 42.6 Å². The third kappa shape index (κ3) is 4.38. The lowest BCUT2D eigenvalue weighted by atomic mass is 9.85. The molecule has 0 saturated heterocycles. The largest absolute Gasteiger partial charge is 0.483 e. The van der Waals surface area contributed by atoms with Crippen LogP contribution in [0.25, 0.3) is 5.57 Å². The Balaban J connectivity index is 2.03. The molecule has 1 aromatic heterocycles. The molecule has 6 heteroatoms. The fourth-order valence-corrected chi connectivity index (χ4v) is 3.85. The van der Waals surface area contributed by atoms with Gasteiger partial charge < -0.3 is 15.4 Å². The predicted molar refractivity (Wildman–Crippen MR) is 117 cm³/mol. The van der Waals surface area contributed by atoms with Gasteiger partial charge in [0, 0.05) is 30.4 Å². The van der Waals surface area contributed by atoms with Crippen LogP contribution < -0.4 is 10.5 Å². The number of nitrogens with two attached hydrogens (primary N) is 1. The van der Waals surface area contributed by atoms with E-state index in [1.54, 1.807) is 23.2 Å². The van der Waals surface area contributed by atoms with Crippen molar-refractivity contribution in [2.75, 3.05) is 19.6 Å². The Morgan fingerprint density at radius 3 is 2.57 bits per heavy atom. The van der Waals surface area contributed by atoms with E-state index in [2.05, 4.69) is 11.9 Å². The second-order valence-corrected chi connectivity index (χ2v) is 7.52. The molecule has 0 bridgehead atoms. The molecule has 160 valence electrons. The minimum Gasteiger partial charge on any atom is -0.483 e. The highest BCUT2D eigenvalue weighted by molar-refractivity contribution is 5.94. The van der Waals surface area contributed by atoms with Crippen LogP contribution in [-0.4, -0.2) is 41.0 Å². The normalized spacial score (nSPS) is 17.7. The first-order valence-corrected chi connectivity index (χ1v) is 10.6. The highest BCUT2D eigenvalue weighted by Gasteiger charge is 2.34. The summed E-state index contributed by atoms with van der Waals surface area (Å²) in [5, 5.41) is 0. The number of halogens is 1. The minimum atomic E-state index is -0.517. The average Bonchev–Trinajstić information content (AvgIpc) is 2.78. The molecule has 1 aromatic carbocycles. The van der Waals surface area contributed by atoms with E-state index in [0.29, 0.717) is 42.2 Å². The summed E-state index contributed by atoms with van der Waals surface area (Å²) in [6.45, 7) is 7.84. The molecule has 1 amide bonds. The zero-order valence-electron chi connectivity index (χ0n) is 18.0. The van der Waals surface area contributed by atoms with E-state index in [1.165, 1.54) is 12.1 Å². The number of aromatic nitrogens is 1. The summed E-state index contributed by atoms with van der Waals surface area (Å²) in [5.74, 6) is 0.262.